The monoisotopic (exact) mass is 303 g/mol. The van der Waals surface area contributed by atoms with Gasteiger partial charge in [-0.2, -0.15) is 9.78 Å². The van der Waals surface area contributed by atoms with Crippen LogP contribution in [0.15, 0.2) is 41.3 Å². The molecule has 110 valence electrons. The van der Waals surface area contributed by atoms with Crippen molar-refractivity contribution in [1.29, 1.82) is 0 Å². The molecule has 2 aromatic rings. The van der Waals surface area contributed by atoms with Crippen LogP contribution in [0.5, 0.6) is 0 Å². The van der Waals surface area contributed by atoms with Crippen LogP contribution in [0.4, 0.5) is 5.69 Å². The number of aromatic nitrogens is 2. The van der Waals surface area contributed by atoms with Gasteiger partial charge in [-0.05, 0) is 37.8 Å². The van der Waals surface area contributed by atoms with Gasteiger partial charge < -0.3 is 5.32 Å². The number of nitrogens with one attached hydrogen (secondary N) is 1. The molecule has 1 fully saturated rings. The summed E-state index contributed by atoms with van der Waals surface area (Å²) in [6.45, 7) is 2.13. The molecule has 1 unspecified atom stereocenters. The number of rotatable bonds is 4. The lowest BCUT2D eigenvalue weighted by Crippen LogP contribution is -2.32. The number of anilines is 1. The maximum absolute atomic E-state index is 12.4. The van der Waals surface area contributed by atoms with Gasteiger partial charge in [0.15, 0.2) is 0 Å². The molecule has 1 heterocycles. The van der Waals surface area contributed by atoms with Crippen LogP contribution >= 0.6 is 11.6 Å². The molecule has 0 aliphatic heterocycles. The Labute approximate surface area is 128 Å². The molecule has 1 aromatic carbocycles. The van der Waals surface area contributed by atoms with Crippen molar-refractivity contribution in [3.63, 3.8) is 0 Å². The van der Waals surface area contributed by atoms with E-state index in [-0.39, 0.29) is 10.6 Å². The van der Waals surface area contributed by atoms with Crippen LogP contribution in [-0.4, -0.2) is 15.8 Å². The molecule has 0 bridgehead atoms. The molecule has 1 saturated carbocycles. The zero-order valence-corrected chi connectivity index (χ0v) is 12.7. The zero-order chi connectivity index (χ0) is 14.8. The molecule has 0 saturated heterocycles. The molecule has 5 heteroatoms. The Morgan fingerprint density at radius 2 is 2.05 bits per heavy atom. The van der Waals surface area contributed by atoms with Gasteiger partial charge in [0.25, 0.3) is 5.56 Å². The fourth-order valence-electron chi connectivity index (χ4n) is 2.59. The molecule has 0 radical (unpaired) electrons. The van der Waals surface area contributed by atoms with Gasteiger partial charge in [-0.3, -0.25) is 4.79 Å². The summed E-state index contributed by atoms with van der Waals surface area (Å²) in [7, 11) is 0. The molecule has 1 aliphatic carbocycles. The summed E-state index contributed by atoms with van der Waals surface area (Å²) < 4.78 is 1.32. The fraction of sp³-hybridized carbons (Fsp3) is 0.375. The SMILES string of the molecule is CC(Nc1cnn(-c2ccccc2)c(=O)c1Cl)C1CCC1. The quantitative estimate of drug-likeness (QED) is 0.940. The third-order valence-electron chi connectivity index (χ3n) is 4.16. The predicted octanol–water partition coefficient (Wildman–Crippen LogP) is 3.49. The average Bonchev–Trinajstić information content (AvgIpc) is 2.43. The van der Waals surface area contributed by atoms with E-state index in [0.29, 0.717) is 23.3 Å². The number of hydrogen-bond acceptors (Lipinski definition) is 3. The maximum atomic E-state index is 12.4. The van der Waals surface area contributed by atoms with E-state index < -0.39 is 0 Å². The average molecular weight is 304 g/mol. The van der Waals surface area contributed by atoms with Crippen LogP contribution in [0.3, 0.4) is 0 Å². The lowest BCUT2D eigenvalue weighted by atomic mass is 9.80. The first kappa shape index (κ1) is 14.1. The molecule has 1 aliphatic rings. The Kier molecular flexibility index (Phi) is 3.97. The summed E-state index contributed by atoms with van der Waals surface area (Å²) in [5, 5.41) is 7.74. The van der Waals surface area contributed by atoms with Crippen molar-refractivity contribution >= 4 is 17.3 Å². The van der Waals surface area contributed by atoms with Crippen molar-refractivity contribution in [2.24, 2.45) is 5.92 Å². The van der Waals surface area contributed by atoms with Crippen molar-refractivity contribution < 1.29 is 0 Å². The molecular formula is C16H18ClN3O. The van der Waals surface area contributed by atoms with Gasteiger partial charge in [0, 0.05) is 6.04 Å². The highest BCUT2D eigenvalue weighted by molar-refractivity contribution is 6.32. The maximum Gasteiger partial charge on any atom is 0.292 e. The Hall–Kier alpha value is -1.81. The van der Waals surface area contributed by atoms with E-state index in [1.807, 2.05) is 30.3 Å². The minimum absolute atomic E-state index is 0.194. The normalized spacial score (nSPS) is 16.3. The van der Waals surface area contributed by atoms with Gasteiger partial charge in [0.2, 0.25) is 0 Å². The van der Waals surface area contributed by atoms with Crippen molar-refractivity contribution in [3.05, 3.63) is 51.9 Å². The van der Waals surface area contributed by atoms with E-state index >= 15 is 0 Å². The number of nitrogens with zero attached hydrogens (tertiary/aromatic N) is 2. The topological polar surface area (TPSA) is 46.9 Å². The first-order valence-corrected chi connectivity index (χ1v) is 7.64. The highest BCUT2D eigenvalue weighted by Gasteiger charge is 2.24. The van der Waals surface area contributed by atoms with E-state index in [0.717, 1.165) is 0 Å². The third kappa shape index (κ3) is 2.81. The lowest BCUT2D eigenvalue weighted by molar-refractivity contribution is 0.285. The summed E-state index contributed by atoms with van der Waals surface area (Å²) in [6, 6.07) is 9.59. The number of hydrogen-bond donors (Lipinski definition) is 1. The molecule has 4 nitrogen and oxygen atoms in total. The largest absolute Gasteiger partial charge is 0.380 e. The molecule has 0 amide bonds. The van der Waals surface area contributed by atoms with E-state index in [1.165, 1.54) is 23.9 Å². The fourth-order valence-corrected chi connectivity index (χ4v) is 2.77. The molecular weight excluding hydrogens is 286 g/mol. The van der Waals surface area contributed by atoms with Gasteiger partial charge >= 0.3 is 0 Å². The van der Waals surface area contributed by atoms with E-state index in [9.17, 15) is 4.79 Å². The first-order chi connectivity index (χ1) is 10.2. The zero-order valence-electron chi connectivity index (χ0n) is 11.9. The van der Waals surface area contributed by atoms with E-state index in [2.05, 4.69) is 17.3 Å². The minimum atomic E-state index is -0.298. The summed E-state index contributed by atoms with van der Waals surface area (Å²) in [5.74, 6) is 0.664. The van der Waals surface area contributed by atoms with Crippen molar-refractivity contribution in [1.82, 2.24) is 9.78 Å². The second-order valence-corrected chi connectivity index (χ2v) is 5.93. The number of para-hydroxylation sites is 1. The smallest absolute Gasteiger partial charge is 0.292 e. The van der Waals surface area contributed by atoms with Crippen molar-refractivity contribution in [2.45, 2.75) is 32.2 Å². The van der Waals surface area contributed by atoms with Gasteiger partial charge in [0.1, 0.15) is 5.02 Å². The Balaban J connectivity index is 1.88. The van der Waals surface area contributed by atoms with Gasteiger partial charge in [-0.15, -0.1) is 0 Å². The summed E-state index contributed by atoms with van der Waals surface area (Å²) in [5.41, 5.74) is 1.03. The summed E-state index contributed by atoms with van der Waals surface area (Å²) >= 11 is 6.22. The Morgan fingerprint density at radius 1 is 1.33 bits per heavy atom. The minimum Gasteiger partial charge on any atom is -0.380 e. The summed E-state index contributed by atoms with van der Waals surface area (Å²) in [4.78, 5) is 12.4. The second-order valence-electron chi connectivity index (χ2n) is 5.55. The lowest BCUT2D eigenvalue weighted by Gasteiger charge is -2.32. The van der Waals surface area contributed by atoms with Gasteiger partial charge in [0.05, 0.1) is 17.6 Å². The van der Waals surface area contributed by atoms with Crippen LogP contribution < -0.4 is 10.9 Å². The number of halogens is 1. The van der Waals surface area contributed by atoms with E-state index in [4.69, 9.17) is 11.6 Å². The predicted molar refractivity (Wildman–Crippen MR) is 85.3 cm³/mol. The third-order valence-corrected chi connectivity index (χ3v) is 4.53. The molecule has 1 atom stereocenters. The van der Waals surface area contributed by atoms with Crippen LogP contribution in [0.2, 0.25) is 5.02 Å². The highest BCUT2D eigenvalue weighted by atomic mass is 35.5. The van der Waals surface area contributed by atoms with Gasteiger partial charge in [-0.1, -0.05) is 36.2 Å². The molecule has 21 heavy (non-hydrogen) atoms. The molecule has 1 N–H and O–H groups in total. The highest BCUT2D eigenvalue weighted by Crippen LogP contribution is 2.31. The van der Waals surface area contributed by atoms with Crippen molar-refractivity contribution in [2.75, 3.05) is 5.32 Å². The van der Waals surface area contributed by atoms with Crippen LogP contribution in [0.1, 0.15) is 26.2 Å². The Morgan fingerprint density at radius 3 is 2.67 bits per heavy atom. The van der Waals surface area contributed by atoms with E-state index in [1.54, 1.807) is 6.20 Å². The van der Waals surface area contributed by atoms with Crippen LogP contribution in [-0.2, 0) is 0 Å². The van der Waals surface area contributed by atoms with Crippen LogP contribution in [0.25, 0.3) is 5.69 Å². The van der Waals surface area contributed by atoms with Gasteiger partial charge in [-0.25, -0.2) is 0 Å². The summed E-state index contributed by atoms with van der Waals surface area (Å²) in [6.07, 6.45) is 5.39. The molecule has 0 spiro atoms. The second kappa shape index (κ2) is 5.90. The molecule has 3 rings (SSSR count). The van der Waals surface area contributed by atoms with Crippen molar-refractivity contribution in [3.8, 4) is 5.69 Å². The molecule has 1 aromatic heterocycles. The number of benzene rings is 1. The van der Waals surface area contributed by atoms with Crippen LogP contribution in [0, 0.1) is 5.92 Å². The Bertz CT molecular complexity index is 680. The standard InChI is InChI=1S/C16H18ClN3O/c1-11(12-6-5-7-12)19-14-10-18-20(16(21)15(14)17)13-8-3-2-4-9-13/h2-4,8-12,19H,5-7H2,1H3. The first-order valence-electron chi connectivity index (χ1n) is 7.26.